The Morgan fingerprint density at radius 3 is 2.91 bits per heavy atom. The van der Waals surface area contributed by atoms with E-state index in [4.69, 9.17) is 4.74 Å². The van der Waals surface area contributed by atoms with E-state index in [1.165, 1.54) is 11.3 Å². The van der Waals surface area contributed by atoms with Crippen LogP contribution >= 0.6 is 27.3 Å². The number of hydrogen-bond donors (Lipinski definition) is 1. The SMILES string of the molecule is O=C1O[C@@H](Nc2nc(-c3ccc(Br)cc3)cs2)c2ccc#cc21. The van der Waals surface area contributed by atoms with E-state index in [2.05, 4.69) is 38.4 Å². The van der Waals surface area contributed by atoms with Crippen LogP contribution in [0.1, 0.15) is 22.1 Å². The predicted molar refractivity (Wildman–Crippen MR) is 91.1 cm³/mol. The molecule has 2 aromatic carbocycles. The second kappa shape index (κ2) is 5.69. The maximum absolute atomic E-state index is 11.8. The summed E-state index contributed by atoms with van der Waals surface area (Å²) in [7, 11) is 0. The number of anilines is 1. The highest BCUT2D eigenvalue weighted by Crippen LogP contribution is 2.33. The number of carbonyl (C=O) groups is 1. The molecule has 1 aliphatic heterocycles. The minimum Gasteiger partial charge on any atom is -0.433 e. The van der Waals surface area contributed by atoms with Crippen molar-refractivity contribution < 1.29 is 9.53 Å². The molecule has 1 aliphatic rings. The molecule has 4 nitrogen and oxygen atoms in total. The molecule has 0 bridgehead atoms. The lowest BCUT2D eigenvalue weighted by Gasteiger charge is -2.11. The molecule has 6 heteroatoms. The fourth-order valence-electron chi connectivity index (χ4n) is 2.33. The fraction of sp³-hybridized carbons (Fsp3) is 0.0588. The van der Waals surface area contributed by atoms with E-state index in [0.717, 1.165) is 21.3 Å². The van der Waals surface area contributed by atoms with Crippen LogP contribution in [0.2, 0.25) is 0 Å². The summed E-state index contributed by atoms with van der Waals surface area (Å²) in [5.41, 5.74) is 3.09. The Morgan fingerprint density at radius 1 is 1.26 bits per heavy atom. The van der Waals surface area contributed by atoms with Gasteiger partial charge in [-0.05, 0) is 24.3 Å². The summed E-state index contributed by atoms with van der Waals surface area (Å²) in [5, 5.41) is 5.81. The zero-order valence-corrected chi connectivity index (χ0v) is 14.1. The highest BCUT2D eigenvalue weighted by atomic mass is 79.9. The molecule has 0 saturated carbocycles. The largest absolute Gasteiger partial charge is 0.433 e. The first kappa shape index (κ1) is 14.2. The first-order valence-electron chi connectivity index (χ1n) is 6.82. The predicted octanol–water partition coefficient (Wildman–Crippen LogP) is 4.45. The lowest BCUT2D eigenvalue weighted by Crippen LogP contribution is -2.09. The van der Waals surface area contributed by atoms with Crippen molar-refractivity contribution in [3.8, 4) is 11.3 Å². The minimum absolute atomic E-state index is 0.390. The van der Waals surface area contributed by atoms with Crippen LogP contribution in [0, 0.1) is 12.1 Å². The number of aromatic nitrogens is 1. The number of halogens is 1. The van der Waals surface area contributed by atoms with Crippen molar-refractivity contribution in [1.82, 2.24) is 4.98 Å². The highest BCUT2D eigenvalue weighted by Gasteiger charge is 2.31. The number of benzene rings is 1. The average Bonchev–Trinajstić information content (AvgIpc) is 3.15. The molecule has 23 heavy (non-hydrogen) atoms. The number of carbonyl (C=O) groups excluding carboxylic acids is 1. The molecule has 1 aromatic heterocycles. The van der Waals surface area contributed by atoms with Gasteiger partial charge in [0.05, 0.1) is 5.69 Å². The molecule has 1 atom stereocenters. The molecular formula is C17H9BrN2O2S. The Balaban J connectivity index is 1.57. The zero-order chi connectivity index (χ0) is 15.8. The lowest BCUT2D eigenvalue weighted by atomic mass is 10.1. The molecule has 0 unspecified atom stereocenters. The van der Waals surface area contributed by atoms with E-state index in [-0.39, 0.29) is 5.97 Å². The van der Waals surface area contributed by atoms with Gasteiger partial charge in [-0.15, -0.1) is 11.3 Å². The van der Waals surface area contributed by atoms with Crippen molar-refractivity contribution in [1.29, 1.82) is 0 Å². The lowest BCUT2D eigenvalue weighted by molar-refractivity contribution is 0.0437. The minimum atomic E-state index is -0.535. The van der Waals surface area contributed by atoms with E-state index in [1.807, 2.05) is 29.6 Å². The third kappa shape index (κ3) is 2.69. The van der Waals surface area contributed by atoms with Crippen molar-refractivity contribution in [3.63, 3.8) is 0 Å². The van der Waals surface area contributed by atoms with Gasteiger partial charge in [-0.25, -0.2) is 9.78 Å². The van der Waals surface area contributed by atoms with E-state index in [1.54, 1.807) is 12.1 Å². The number of ether oxygens (including phenoxy) is 1. The topological polar surface area (TPSA) is 51.2 Å². The van der Waals surface area contributed by atoms with E-state index in [9.17, 15) is 4.79 Å². The zero-order valence-electron chi connectivity index (χ0n) is 11.7. The molecule has 4 rings (SSSR count). The first-order valence-corrected chi connectivity index (χ1v) is 8.49. The van der Waals surface area contributed by atoms with Gasteiger partial charge in [-0.2, -0.15) is 0 Å². The van der Waals surface area contributed by atoms with Crippen LogP contribution < -0.4 is 5.32 Å². The molecule has 0 fully saturated rings. The van der Waals surface area contributed by atoms with Crippen molar-refractivity contribution in [2.24, 2.45) is 0 Å². The molecule has 3 aromatic rings. The maximum atomic E-state index is 11.8. The third-order valence-corrected chi connectivity index (χ3v) is 4.74. The number of thiazole rings is 1. The summed E-state index contributed by atoms with van der Waals surface area (Å²) in [6.45, 7) is 0. The molecule has 112 valence electrons. The number of fused-ring (bicyclic) bond motifs is 1. The van der Waals surface area contributed by atoms with Crippen LogP contribution in [0.4, 0.5) is 5.13 Å². The van der Waals surface area contributed by atoms with E-state index in [0.29, 0.717) is 10.7 Å². The summed E-state index contributed by atoms with van der Waals surface area (Å²) < 4.78 is 6.35. The normalized spacial score (nSPS) is 15.7. The standard InChI is InChI=1S/C17H9BrN2O2S/c18-11-7-5-10(6-8-11)14-9-23-17(19-14)20-15-12-3-1-2-4-13(12)16(21)22-15/h1,3,5-9,15H,(H,19,20)/t15-/m1/s1. The van der Waals surface area contributed by atoms with Gasteiger partial charge < -0.3 is 10.1 Å². The summed E-state index contributed by atoms with van der Waals surface area (Å²) in [6, 6.07) is 17.0. The molecule has 0 radical (unpaired) electrons. The first-order chi connectivity index (χ1) is 11.2. The fourth-order valence-corrected chi connectivity index (χ4v) is 3.33. The van der Waals surface area contributed by atoms with Crippen LogP contribution in [0.3, 0.4) is 0 Å². The van der Waals surface area contributed by atoms with Crippen molar-refractivity contribution in [3.05, 3.63) is 69.5 Å². The van der Waals surface area contributed by atoms with Crippen LogP contribution in [0.15, 0.2) is 46.3 Å². The summed E-state index contributed by atoms with van der Waals surface area (Å²) in [4.78, 5) is 16.3. The smallest absolute Gasteiger partial charge is 0.349 e. The second-order valence-corrected chi connectivity index (χ2v) is 6.68. The summed E-state index contributed by atoms with van der Waals surface area (Å²) in [6.07, 6.45) is -0.535. The summed E-state index contributed by atoms with van der Waals surface area (Å²) in [5.74, 6) is -0.390. The molecule has 2 heterocycles. The average molecular weight is 385 g/mol. The van der Waals surface area contributed by atoms with Crippen molar-refractivity contribution in [2.75, 3.05) is 5.32 Å². The number of nitrogens with zero attached hydrogens (tertiary/aromatic N) is 1. The van der Waals surface area contributed by atoms with Gasteiger partial charge in [0.1, 0.15) is 5.56 Å². The van der Waals surface area contributed by atoms with Gasteiger partial charge in [-0.3, -0.25) is 0 Å². The number of nitrogens with one attached hydrogen (secondary N) is 1. The van der Waals surface area contributed by atoms with Crippen LogP contribution in [0.5, 0.6) is 0 Å². The van der Waals surface area contributed by atoms with Gasteiger partial charge >= 0.3 is 5.97 Å². The molecule has 0 amide bonds. The van der Waals surface area contributed by atoms with Gasteiger partial charge in [0, 0.05) is 21.0 Å². The molecule has 0 spiro atoms. The Hall–Kier alpha value is -2.36. The van der Waals surface area contributed by atoms with Gasteiger partial charge in [-0.1, -0.05) is 40.2 Å². The third-order valence-electron chi connectivity index (χ3n) is 3.44. The van der Waals surface area contributed by atoms with Crippen molar-refractivity contribution in [2.45, 2.75) is 6.23 Å². The van der Waals surface area contributed by atoms with Crippen LogP contribution in [-0.2, 0) is 4.74 Å². The maximum Gasteiger partial charge on any atom is 0.349 e. The van der Waals surface area contributed by atoms with Gasteiger partial charge in [0.2, 0.25) is 6.23 Å². The van der Waals surface area contributed by atoms with Crippen LogP contribution in [-0.4, -0.2) is 11.0 Å². The Bertz CT molecular complexity index is 876. The summed E-state index contributed by atoms with van der Waals surface area (Å²) >= 11 is 4.89. The van der Waals surface area contributed by atoms with Gasteiger partial charge in [0.25, 0.3) is 0 Å². The Morgan fingerprint density at radius 2 is 2.09 bits per heavy atom. The van der Waals surface area contributed by atoms with Gasteiger partial charge in [0.15, 0.2) is 5.13 Å². The number of rotatable bonds is 3. The number of esters is 1. The quantitative estimate of drug-likeness (QED) is 0.677. The molecular weight excluding hydrogens is 376 g/mol. The Labute approximate surface area is 145 Å². The number of cyclic esters (lactones) is 1. The molecule has 1 N–H and O–H groups in total. The van der Waals surface area contributed by atoms with Crippen LogP contribution in [0.25, 0.3) is 11.3 Å². The second-order valence-electron chi connectivity index (χ2n) is 4.91. The Kier molecular flexibility index (Phi) is 3.52. The monoisotopic (exact) mass is 384 g/mol. The van der Waals surface area contributed by atoms with Crippen molar-refractivity contribution >= 4 is 38.4 Å². The highest BCUT2D eigenvalue weighted by molar-refractivity contribution is 9.10. The van der Waals surface area contributed by atoms with E-state index >= 15 is 0 Å². The molecule has 0 saturated heterocycles. The van der Waals surface area contributed by atoms with E-state index < -0.39 is 6.23 Å². The molecule has 0 aliphatic carbocycles. The number of hydrogen-bond acceptors (Lipinski definition) is 5.